The van der Waals surface area contributed by atoms with Gasteiger partial charge < -0.3 is 14.8 Å². The first-order valence-corrected chi connectivity index (χ1v) is 9.19. The van der Waals surface area contributed by atoms with Gasteiger partial charge in [-0.3, -0.25) is 4.79 Å². The highest BCUT2D eigenvalue weighted by Gasteiger charge is 2.40. The van der Waals surface area contributed by atoms with Gasteiger partial charge in [0.25, 0.3) is 5.91 Å². The molecule has 2 aromatic heterocycles. The summed E-state index contributed by atoms with van der Waals surface area (Å²) in [7, 11) is 0. The molecule has 0 aliphatic carbocycles. The normalized spacial score (nSPS) is 22.1. The van der Waals surface area contributed by atoms with E-state index in [0.717, 1.165) is 43.6 Å². The number of nitrogens with zero attached hydrogens (tertiary/aromatic N) is 4. The minimum absolute atomic E-state index is 0.0770. The van der Waals surface area contributed by atoms with Crippen LogP contribution in [0.15, 0.2) is 48.9 Å². The van der Waals surface area contributed by atoms with Gasteiger partial charge in [-0.25, -0.2) is 9.97 Å². The number of hydrogen-bond acceptors (Lipinski definition) is 4. The lowest BCUT2D eigenvalue weighted by Crippen LogP contribution is -2.38. The van der Waals surface area contributed by atoms with Crippen LogP contribution in [0.1, 0.15) is 28.8 Å². The Bertz CT molecular complexity index is 951. The molecule has 2 saturated heterocycles. The Balaban J connectivity index is 1.41. The molecule has 1 N–H and O–H groups in total. The maximum absolute atomic E-state index is 13.0. The van der Waals surface area contributed by atoms with E-state index in [2.05, 4.69) is 27.4 Å². The number of nitrogens with one attached hydrogen (secondary N) is 1. The molecule has 5 rings (SSSR count). The first kappa shape index (κ1) is 15.5. The first-order chi connectivity index (χ1) is 12.8. The zero-order valence-corrected chi connectivity index (χ0v) is 14.5. The average Bonchev–Trinajstić information content (AvgIpc) is 3.38. The van der Waals surface area contributed by atoms with Gasteiger partial charge in [-0.15, -0.1) is 0 Å². The molecule has 132 valence electrons. The Morgan fingerprint density at radius 1 is 1.19 bits per heavy atom. The van der Waals surface area contributed by atoms with Crippen LogP contribution in [0.5, 0.6) is 0 Å². The summed E-state index contributed by atoms with van der Waals surface area (Å²) in [6.07, 6.45) is 5.57. The fourth-order valence-electron chi connectivity index (χ4n) is 4.24. The predicted octanol–water partition coefficient (Wildman–Crippen LogP) is 2.06. The number of carbonyl (C=O) groups is 1. The van der Waals surface area contributed by atoms with E-state index in [9.17, 15) is 4.79 Å². The molecule has 6 nitrogen and oxygen atoms in total. The summed E-state index contributed by atoms with van der Waals surface area (Å²) in [6, 6.07) is 12.9. The van der Waals surface area contributed by atoms with E-state index in [1.165, 1.54) is 5.56 Å². The standard InChI is InChI=1S/C20H21N5O/c26-20(25-9-7-16-18(25)6-8-21-16)15-10-17-19(22-11-15)24(13-23-17)12-14-4-2-1-3-5-14/h1-5,10-11,13,16,18,21H,6-9,12H2/t16-,18-/m0/s1. The molecule has 2 fully saturated rings. The highest BCUT2D eigenvalue weighted by Crippen LogP contribution is 2.27. The van der Waals surface area contributed by atoms with E-state index >= 15 is 0 Å². The molecule has 2 aliphatic heterocycles. The lowest BCUT2D eigenvalue weighted by molar-refractivity contribution is 0.0736. The van der Waals surface area contributed by atoms with Crippen molar-refractivity contribution in [2.24, 2.45) is 0 Å². The van der Waals surface area contributed by atoms with Crippen molar-refractivity contribution in [3.8, 4) is 0 Å². The Kier molecular flexibility index (Phi) is 3.71. The maximum atomic E-state index is 13.0. The highest BCUT2D eigenvalue weighted by atomic mass is 16.2. The first-order valence-electron chi connectivity index (χ1n) is 9.19. The van der Waals surface area contributed by atoms with Gasteiger partial charge in [0.1, 0.15) is 5.52 Å². The zero-order chi connectivity index (χ0) is 17.5. The van der Waals surface area contributed by atoms with Crippen LogP contribution in [0.25, 0.3) is 11.2 Å². The molecule has 6 heteroatoms. The quantitative estimate of drug-likeness (QED) is 0.788. The smallest absolute Gasteiger partial charge is 0.255 e. The number of fused-ring (bicyclic) bond motifs is 2. The molecule has 3 aromatic rings. The molecule has 26 heavy (non-hydrogen) atoms. The monoisotopic (exact) mass is 347 g/mol. The number of likely N-dealkylation sites (tertiary alicyclic amines) is 1. The summed E-state index contributed by atoms with van der Waals surface area (Å²) in [6.45, 7) is 2.54. The van der Waals surface area contributed by atoms with Crippen molar-refractivity contribution >= 4 is 17.1 Å². The maximum Gasteiger partial charge on any atom is 0.255 e. The second-order valence-electron chi connectivity index (χ2n) is 7.13. The van der Waals surface area contributed by atoms with Gasteiger partial charge in [0.05, 0.1) is 18.4 Å². The molecule has 0 saturated carbocycles. The number of rotatable bonds is 3. The predicted molar refractivity (Wildman–Crippen MR) is 98.9 cm³/mol. The van der Waals surface area contributed by atoms with Crippen LogP contribution in [-0.2, 0) is 6.54 Å². The minimum atomic E-state index is 0.0770. The van der Waals surface area contributed by atoms with Crippen molar-refractivity contribution in [3.05, 3.63) is 60.0 Å². The topological polar surface area (TPSA) is 63.1 Å². The van der Waals surface area contributed by atoms with E-state index in [0.29, 0.717) is 17.6 Å². The third kappa shape index (κ3) is 2.57. The molecule has 4 heterocycles. The van der Waals surface area contributed by atoms with E-state index in [-0.39, 0.29) is 5.91 Å². The van der Waals surface area contributed by atoms with E-state index in [1.807, 2.05) is 33.7 Å². The average molecular weight is 347 g/mol. The molecule has 0 radical (unpaired) electrons. The van der Waals surface area contributed by atoms with Crippen molar-refractivity contribution in [3.63, 3.8) is 0 Å². The molecule has 0 spiro atoms. The Morgan fingerprint density at radius 2 is 2.08 bits per heavy atom. The van der Waals surface area contributed by atoms with Crippen LogP contribution >= 0.6 is 0 Å². The van der Waals surface area contributed by atoms with Crippen molar-refractivity contribution < 1.29 is 4.79 Å². The number of carbonyl (C=O) groups excluding carboxylic acids is 1. The van der Waals surface area contributed by atoms with E-state index in [1.54, 1.807) is 12.5 Å². The second-order valence-corrected chi connectivity index (χ2v) is 7.13. The van der Waals surface area contributed by atoms with E-state index < -0.39 is 0 Å². The van der Waals surface area contributed by atoms with Gasteiger partial charge in [-0.2, -0.15) is 0 Å². The third-order valence-electron chi connectivity index (χ3n) is 5.55. The molecule has 0 unspecified atom stereocenters. The molecule has 0 bridgehead atoms. The number of pyridine rings is 1. The van der Waals surface area contributed by atoms with Crippen molar-refractivity contribution in [2.75, 3.05) is 13.1 Å². The second kappa shape index (κ2) is 6.21. The summed E-state index contributed by atoms with van der Waals surface area (Å²) in [5.74, 6) is 0.0770. The molecular weight excluding hydrogens is 326 g/mol. The number of imidazole rings is 1. The minimum Gasteiger partial charge on any atom is -0.334 e. The van der Waals surface area contributed by atoms with Gasteiger partial charge in [0.2, 0.25) is 0 Å². The molecule has 1 amide bonds. The molecule has 2 aliphatic rings. The van der Waals surface area contributed by atoms with Crippen molar-refractivity contribution in [1.82, 2.24) is 24.8 Å². The Labute approximate surface area is 151 Å². The largest absolute Gasteiger partial charge is 0.334 e. The van der Waals surface area contributed by atoms with Gasteiger partial charge in [0.15, 0.2) is 5.65 Å². The van der Waals surface area contributed by atoms with Crippen LogP contribution in [-0.4, -0.2) is 50.5 Å². The van der Waals surface area contributed by atoms with Crippen LogP contribution in [0.3, 0.4) is 0 Å². The van der Waals surface area contributed by atoms with Crippen LogP contribution in [0.2, 0.25) is 0 Å². The van der Waals surface area contributed by atoms with Gasteiger partial charge in [-0.1, -0.05) is 30.3 Å². The van der Waals surface area contributed by atoms with E-state index in [4.69, 9.17) is 0 Å². The lowest BCUT2D eigenvalue weighted by Gasteiger charge is -2.23. The summed E-state index contributed by atoms with van der Waals surface area (Å²) < 4.78 is 2.02. The number of aromatic nitrogens is 3. The number of hydrogen-bond donors (Lipinski definition) is 1. The summed E-state index contributed by atoms with van der Waals surface area (Å²) in [5, 5.41) is 3.49. The SMILES string of the molecule is O=C(c1cnc2c(c1)ncn2Cc1ccccc1)N1CC[C@@H]2NCC[C@@H]21. The highest BCUT2D eigenvalue weighted by molar-refractivity contribution is 5.96. The third-order valence-corrected chi connectivity index (χ3v) is 5.55. The van der Waals surface area contributed by atoms with Crippen LogP contribution in [0.4, 0.5) is 0 Å². The molecule has 2 atom stereocenters. The van der Waals surface area contributed by atoms with Crippen LogP contribution in [0, 0.1) is 0 Å². The fraction of sp³-hybridized carbons (Fsp3) is 0.350. The Morgan fingerprint density at radius 3 is 2.96 bits per heavy atom. The molecular formula is C20H21N5O. The molecule has 1 aromatic carbocycles. The zero-order valence-electron chi connectivity index (χ0n) is 14.5. The number of amides is 1. The van der Waals surface area contributed by atoms with Gasteiger partial charge >= 0.3 is 0 Å². The number of benzene rings is 1. The summed E-state index contributed by atoms with van der Waals surface area (Å²) in [4.78, 5) is 24.0. The van der Waals surface area contributed by atoms with Crippen molar-refractivity contribution in [2.45, 2.75) is 31.5 Å². The Hall–Kier alpha value is -2.73. The van der Waals surface area contributed by atoms with Crippen molar-refractivity contribution in [1.29, 1.82) is 0 Å². The fourth-order valence-corrected chi connectivity index (χ4v) is 4.24. The summed E-state index contributed by atoms with van der Waals surface area (Å²) >= 11 is 0. The lowest BCUT2D eigenvalue weighted by atomic mass is 10.1. The van der Waals surface area contributed by atoms with Gasteiger partial charge in [0, 0.05) is 24.8 Å². The summed E-state index contributed by atoms with van der Waals surface area (Å²) in [5.41, 5.74) is 3.42. The van der Waals surface area contributed by atoms with Crippen LogP contribution < -0.4 is 5.32 Å². The van der Waals surface area contributed by atoms with Gasteiger partial charge in [-0.05, 0) is 31.0 Å².